The van der Waals surface area contributed by atoms with Gasteiger partial charge in [0.25, 0.3) is 5.91 Å². The van der Waals surface area contributed by atoms with Crippen molar-refractivity contribution in [3.63, 3.8) is 0 Å². The van der Waals surface area contributed by atoms with Crippen molar-refractivity contribution in [3.8, 4) is 0 Å². The monoisotopic (exact) mass is 214 g/mol. The molecule has 0 aromatic heterocycles. The lowest BCUT2D eigenvalue weighted by Crippen LogP contribution is -2.49. The number of amides is 1. The van der Waals surface area contributed by atoms with E-state index >= 15 is 0 Å². The van der Waals surface area contributed by atoms with Crippen LogP contribution in [0.4, 0.5) is 0 Å². The molecule has 15 heavy (non-hydrogen) atoms. The van der Waals surface area contributed by atoms with Crippen molar-refractivity contribution in [1.29, 1.82) is 0 Å². The number of morpholine rings is 1. The molecule has 0 radical (unpaired) electrons. The fourth-order valence-corrected chi connectivity index (χ4v) is 1.84. The van der Waals surface area contributed by atoms with Crippen molar-refractivity contribution in [1.82, 2.24) is 10.6 Å². The van der Waals surface area contributed by atoms with Crippen LogP contribution < -0.4 is 10.6 Å². The van der Waals surface area contributed by atoms with E-state index in [1.807, 2.05) is 6.92 Å². The van der Waals surface area contributed by atoms with E-state index < -0.39 is 0 Å². The summed E-state index contributed by atoms with van der Waals surface area (Å²) in [7, 11) is 0. The van der Waals surface area contributed by atoms with Gasteiger partial charge < -0.3 is 15.4 Å². The third-order valence-corrected chi connectivity index (χ3v) is 2.43. The van der Waals surface area contributed by atoms with Gasteiger partial charge in [0.1, 0.15) is 6.10 Å². The highest BCUT2D eigenvalue weighted by Gasteiger charge is 2.22. The summed E-state index contributed by atoms with van der Waals surface area (Å²) in [6.45, 7) is 8.43. The molecule has 1 heterocycles. The van der Waals surface area contributed by atoms with Crippen LogP contribution in [-0.4, -0.2) is 37.7 Å². The van der Waals surface area contributed by atoms with Gasteiger partial charge in [0.15, 0.2) is 0 Å². The Balaban J connectivity index is 2.27. The molecule has 1 saturated heterocycles. The second-order valence-corrected chi connectivity index (χ2v) is 4.60. The Morgan fingerprint density at radius 3 is 2.80 bits per heavy atom. The van der Waals surface area contributed by atoms with Gasteiger partial charge in [0.2, 0.25) is 0 Å². The molecular formula is C11H22N2O2. The molecule has 0 spiro atoms. The lowest BCUT2D eigenvalue weighted by atomic mass is 10.1. The molecular weight excluding hydrogens is 192 g/mol. The van der Waals surface area contributed by atoms with Crippen molar-refractivity contribution in [2.45, 2.75) is 39.3 Å². The lowest BCUT2D eigenvalue weighted by Gasteiger charge is -2.25. The van der Waals surface area contributed by atoms with Crippen LogP contribution in [0.25, 0.3) is 0 Å². The van der Waals surface area contributed by atoms with Gasteiger partial charge in [-0.05, 0) is 19.3 Å². The minimum Gasteiger partial charge on any atom is -0.366 e. The molecule has 0 aromatic carbocycles. The van der Waals surface area contributed by atoms with Gasteiger partial charge in [-0.2, -0.15) is 0 Å². The highest BCUT2D eigenvalue weighted by molar-refractivity contribution is 5.81. The van der Waals surface area contributed by atoms with Crippen LogP contribution in [0, 0.1) is 5.92 Å². The van der Waals surface area contributed by atoms with Crippen LogP contribution in [0.2, 0.25) is 0 Å². The Labute approximate surface area is 91.8 Å². The summed E-state index contributed by atoms with van der Waals surface area (Å²) in [6.07, 6.45) is 0.694. The summed E-state index contributed by atoms with van der Waals surface area (Å²) >= 11 is 0. The Morgan fingerprint density at radius 2 is 2.27 bits per heavy atom. The third kappa shape index (κ3) is 4.62. The highest BCUT2D eigenvalue weighted by atomic mass is 16.5. The number of nitrogens with one attached hydrogen (secondary N) is 2. The van der Waals surface area contributed by atoms with Crippen molar-refractivity contribution in [3.05, 3.63) is 0 Å². The molecule has 0 bridgehead atoms. The van der Waals surface area contributed by atoms with Gasteiger partial charge in [-0.25, -0.2) is 0 Å². The molecule has 1 aliphatic heterocycles. The first-order valence-corrected chi connectivity index (χ1v) is 5.72. The molecule has 1 rings (SSSR count). The molecule has 88 valence electrons. The van der Waals surface area contributed by atoms with Crippen molar-refractivity contribution < 1.29 is 9.53 Å². The van der Waals surface area contributed by atoms with Crippen molar-refractivity contribution in [2.75, 3.05) is 19.7 Å². The predicted octanol–water partition coefficient (Wildman–Crippen LogP) is 0.526. The van der Waals surface area contributed by atoms with Crippen LogP contribution in [-0.2, 0) is 9.53 Å². The summed E-state index contributed by atoms with van der Waals surface area (Å²) in [5, 5.41) is 6.12. The molecule has 2 N–H and O–H groups in total. The minimum atomic E-state index is -0.312. The Hall–Kier alpha value is -0.610. The number of ether oxygens (including phenoxy) is 1. The summed E-state index contributed by atoms with van der Waals surface area (Å²) in [6, 6.07) is 0.225. The van der Waals surface area contributed by atoms with E-state index in [9.17, 15) is 4.79 Å². The number of hydrogen-bond acceptors (Lipinski definition) is 3. The first kappa shape index (κ1) is 12.5. The van der Waals surface area contributed by atoms with Crippen LogP contribution in [0.15, 0.2) is 0 Å². The van der Waals surface area contributed by atoms with E-state index in [-0.39, 0.29) is 18.1 Å². The Bertz CT molecular complexity index is 201. The second-order valence-electron chi connectivity index (χ2n) is 4.60. The average Bonchev–Trinajstić information content (AvgIpc) is 2.17. The van der Waals surface area contributed by atoms with Crippen LogP contribution >= 0.6 is 0 Å². The Kier molecular flexibility index (Phi) is 5.05. The van der Waals surface area contributed by atoms with E-state index in [1.165, 1.54) is 0 Å². The van der Waals surface area contributed by atoms with Gasteiger partial charge in [-0.3, -0.25) is 4.79 Å². The zero-order chi connectivity index (χ0) is 11.3. The van der Waals surface area contributed by atoms with Crippen LogP contribution in [0.5, 0.6) is 0 Å². The van der Waals surface area contributed by atoms with Gasteiger partial charge in [-0.15, -0.1) is 0 Å². The van der Waals surface area contributed by atoms with Gasteiger partial charge in [0.05, 0.1) is 6.61 Å². The van der Waals surface area contributed by atoms with Crippen LogP contribution in [0.3, 0.4) is 0 Å². The quantitative estimate of drug-likeness (QED) is 0.717. The number of carbonyl (C=O) groups excluding carboxylic acids is 1. The van der Waals surface area contributed by atoms with E-state index in [0.29, 0.717) is 19.1 Å². The molecule has 2 unspecified atom stereocenters. The highest BCUT2D eigenvalue weighted by Crippen LogP contribution is 2.05. The first-order valence-electron chi connectivity index (χ1n) is 5.72. The van der Waals surface area contributed by atoms with Gasteiger partial charge in [-0.1, -0.05) is 13.8 Å². The predicted molar refractivity (Wildman–Crippen MR) is 59.7 cm³/mol. The average molecular weight is 214 g/mol. The fourth-order valence-electron chi connectivity index (χ4n) is 1.84. The molecule has 0 aliphatic carbocycles. The van der Waals surface area contributed by atoms with Crippen LogP contribution in [0.1, 0.15) is 27.2 Å². The standard InChI is InChI=1S/C11H22N2O2/c1-8(2)6-9(3)13-11(14)10-7-12-4-5-15-10/h8-10,12H,4-7H2,1-3H3,(H,13,14). The summed E-state index contributed by atoms with van der Waals surface area (Å²) in [5.74, 6) is 0.612. The van der Waals surface area contributed by atoms with Gasteiger partial charge >= 0.3 is 0 Å². The molecule has 4 nitrogen and oxygen atoms in total. The molecule has 1 amide bonds. The van der Waals surface area contributed by atoms with E-state index in [1.54, 1.807) is 0 Å². The number of rotatable bonds is 4. The molecule has 1 aliphatic rings. The SMILES string of the molecule is CC(C)CC(C)NC(=O)C1CNCCO1. The van der Waals surface area contributed by atoms with Crippen molar-refractivity contribution >= 4 is 5.91 Å². The number of hydrogen-bond donors (Lipinski definition) is 2. The molecule has 0 aromatic rings. The molecule has 4 heteroatoms. The normalized spacial score (nSPS) is 23.9. The largest absolute Gasteiger partial charge is 0.366 e. The topological polar surface area (TPSA) is 50.4 Å². The van der Waals surface area contributed by atoms with Gasteiger partial charge in [0, 0.05) is 19.1 Å². The zero-order valence-electron chi connectivity index (χ0n) is 9.88. The van der Waals surface area contributed by atoms with E-state index in [4.69, 9.17) is 4.74 Å². The third-order valence-electron chi connectivity index (χ3n) is 2.43. The van der Waals surface area contributed by atoms with Crippen molar-refractivity contribution in [2.24, 2.45) is 5.92 Å². The maximum atomic E-state index is 11.7. The summed E-state index contributed by atoms with van der Waals surface area (Å²) in [4.78, 5) is 11.7. The minimum absolute atomic E-state index is 0.00958. The smallest absolute Gasteiger partial charge is 0.250 e. The Morgan fingerprint density at radius 1 is 1.53 bits per heavy atom. The second kappa shape index (κ2) is 6.08. The summed E-state index contributed by atoms with van der Waals surface area (Å²) < 4.78 is 5.37. The molecule has 1 fully saturated rings. The van der Waals surface area contributed by atoms with E-state index in [0.717, 1.165) is 13.0 Å². The number of carbonyl (C=O) groups is 1. The maximum Gasteiger partial charge on any atom is 0.250 e. The zero-order valence-corrected chi connectivity index (χ0v) is 9.88. The fraction of sp³-hybridized carbons (Fsp3) is 0.909. The first-order chi connectivity index (χ1) is 7.09. The van der Waals surface area contributed by atoms with E-state index in [2.05, 4.69) is 24.5 Å². The molecule has 2 atom stereocenters. The maximum absolute atomic E-state index is 11.7. The molecule has 0 saturated carbocycles. The lowest BCUT2D eigenvalue weighted by molar-refractivity contribution is -0.134. The summed E-state index contributed by atoms with van der Waals surface area (Å²) in [5.41, 5.74) is 0.